The maximum Gasteiger partial charge on any atom is 0.273 e. The minimum atomic E-state index is -0.494. The van der Waals surface area contributed by atoms with Crippen molar-refractivity contribution in [3.8, 4) is 0 Å². The van der Waals surface area contributed by atoms with Gasteiger partial charge in [0.15, 0.2) is 0 Å². The Kier molecular flexibility index (Phi) is 6.23. The van der Waals surface area contributed by atoms with E-state index >= 15 is 0 Å². The van der Waals surface area contributed by atoms with Crippen LogP contribution in [-0.4, -0.2) is 33.0 Å². The molecule has 0 spiro atoms. The molecule has 2 amide bonds. The van der Waals surface area contributed by atoms with E-state index in [-0.39, 0.29) is 43.0 Å². The van der Waals surface area contributed by atoms with Crippen LogP contribution in [0.25, 0.3) is 10.8 Å². The first-order chi connectivity index (χ1) is 14.0. The molecule has 8 heteroatoms. The third-order valence-corrected chi connectivity index (χ3v) is 4.63. The number of aromatic nitrogens is 2. The molecule has 150 valence electrons. The molecular weight excluding hydrogens is 372 g/mol. The number of hydrogen-bond acceptors (Lipinski definition) is 4. The third kappa shape index (κ3) is 4.98. The van der Waals surface area contributed by atoms with Crippen molar-refractivity contribution in [2.75, 3.05) is 6.54 Å². The summed E-state index contributed by atoms with van der Waals surface area (Å²) in [5, 5.41) is 3.13. The number of carbonyl (C=O) groups excluding carboxylic acids is 2. The van der Waals surface area contributed by atoms with Gasteiger partial charge in [0, 0.05) is 25.9 Å². The van der Waals surface area contributed by atoms with Gasteiger partial charge >= 0.3 is 0 Å². The Hall–Kier alpha value is -3.68. The molecule has 3 N–H and O–H groups in total. The molecule has 29 heavy (non-hydrogen) atoms. The fourth-order valence-corrected chi connectivity index (χ4v) is 3.11. The highest BCUT2D eigenvalue weighted by atomic mass is 16.2. The van der Waals surface area contributed by atoms with E-state index < -0.39 is 5.91 Å². The molecule has 0 saturated carbocycles. The van der Waals surface area contributed by atoms with Gasteiger partial charge in [-0.3, -0.25) is 24.3 Å². The lowest BCUT2D eigenvalue weighted by Gasteiger charge is -2.22. The number of rotatable bonds is 8. The Balaban J connectivity index is 1.76. The van der Waals surface area contributed by atoms with Crippen LogP contribution in [-0.2, 0) is 22.7 Å². The number of nitrogens with one attached hydrogen (secondary N) is 1. The zero-order valence-corrected chi connectivity index (χ0v) is 15.8. The number of carbonyl (C=O) groups is 2. The molecule has 0 atom stereocenters. The number of aromatic amines is 1. The van der Waals surface area contributed by atoms with Crippen molar-refractivity contribution in [2.45, 2.75) is 25.9 Å². The summed E-state index contributed by atoms with van der Waals surface area (Å²) in [5.41, 5.74) is 5.40. The highest BCUT2D eigenvalue weighted by Crippen LogP contribution is 2.08. The molecule has 1 heterocycles. The standard InChI is InChI=1S/C21H22N4O4/c22-18(26)10-12-24(14-15-6-2-1-3-7-15)19(27)11-13-25-21(29)17-9-5-4-8-16(17)20(28)23-25/h1-9H,10-14H2,(H2,22,26)(H,23,28). The SMILES string of the molecule is NC(=O)CCN(Cc1ccccc1)C(=O)CCn1[nH]c(=O)c2ccccc2c1=O. The lowest BCUT2D eigenvalue weighted by Crippen LogP contribution is -2.36. The topological polar surface area (TPSA) is 118 Å². The van der Waals surface area contributed by atoms with Crippen molar-refractivity contribution in [3.05, 3.63) is 80.9 Å². The van der Waals surface area contributed by atoms with Crippen LogP contribution in [0.5, 0.6) is 0 Å². The van der Waals surface area contributed by atoms with Crippen molar-refractivity contribution in [1.82, 2.24) is 14.7 Å². The molecule has 0 radical (unpaired) electrons. The molecule has 8 nitrogen and oxygen atoms in total. The normalized spacial score (nSPS) is 10.8. The van der Waals surface area contributed by atoms with Crippen LogP contribution in [0, 0.1) is 0 Å². The summed E-state index contributed by atoms with van der Waals surface area (Å²) < 4.78 is 1.15. The van der Waals surface area contributed by atoms with Crippen LogP contribution < -0.4 is 16.9 Å². The van der Waals surface area contributed by atoms with Crippen molar-refractivity contribution in [2.24, 2.45) is 5.73 Å². The molecule has 3 aromatic rings. The zero-order chi connectivity index (χ0) is 20.8. The van der Waals surface area contributed by atoms with Gasteiger partial charge in [-0.25, -0.2) is 4.68 Å². The fourth-order valence-electron chi connectivity index (χ4n) is 3.11. The Bertz CT molecular complexity index is 1130. The molecule has 0 unspecified atom stereocenters. The number of H-pyrrole nitrogens is 1. The second-order valence-corrected chi connectivity index (χ2v) is 6.71. The van der Waals surface area contributed by atoms with E-state index in [9.17, 15) is 19.2 Å². The number of benzene rings is 2. The van der Waals surface area contributed by atoms with Gasteiger partial charge in [0.1, 0.15) is 0 Å². The van der Waals surface area contributed by atoms with Gasteiger partial charge in [-0.1, -0.05) is 42.5 Å². The first kappa shape index (κ1) is 20.1. The number of aryl methyl sites for hydroxylation is 1. The molecule has 0 fully saturated rings. The molecule has 0 aliphatic heterocycles. The molecule has 1 aromatic heterocycles. The van der Waals surface area contributed by atoms with Gasteiger partial charge < -0.3 is 10.6 Å². The van der Waals surface area contributed by atoms with Crippen molar-refractivity contribution in [1.29, 1.82) is 0 Å². The smallest absolute Gasteiger partial charge is 0.273 e. The second-order valence-electron chi connectivity index (χ2n) is 6.71. The summed E-state index contributed by atoms with van der Waals surface area (Å²) >= 11 is 0. The van der Waals surface area contributed by atoms with Gasteiger partial charge in [-0.2, -0.15) is 0 Å². The molecular formula is C21H22N4O4. The van der Waals surface area contributed by atoms with Gasteiger partial charge in [-0.05, 0) is 17.7 Å². The van der Waals surface area contributed by atoms with Crippen LogP contribution in [0.4, 0.5) is 0 Å². The van der Waals surface area contributed by atoms with E-state index in [4.69, 9.17) is 5.73 Å². The predicted molar refractivity (Wildman–Crippen MR) is 109 cm³/mol. The highest BCUT2D eigenvalue weighted by Gasteiger charge is 2.16. The van der Waals surface area contributed by atoms with E-state index in [1.54, 1.807) is 24.3 Å². The maximum atomic E-state index is 12.8. The Morgan fingerprint density at radius 2 is 1.59 bits per heavy atom. The number of fused-ring (bicyclic) bond motifs is 1. The minimum Gasteiger partial charge on any atom is -0.370 e. The van der Waals surface area contributed by atoms with Crippen molar-refractivity contribution in [3.63, 3.8) is 0 Å². The van der Waals surface area contributed by atoms with E-state index in [2.05, 4.69) is 5.10 Å². The van der Waals surface area contributed by atoms with Crippen LogP contribution in [0.15, 0.2) is 64.2 Å². The summed E-state index contributed by atoms with van der Waals surface area (Å²) in [7, 11) is 0. The summed E-state index contributed by atoms with van der Waals surface area (Å²) in [6, 6.07) is 15.9. The molecule has 0 aliphatic rings. The van der Waals surface area contributed by atoms with Gasteiger partial charge in [0.05, 0.1) is 17.3 Å². The van der Waals surface area contributed by atoms with Gasteiger partial charge in [0.25, 0.3) is 11.1 Å². The van der Waals surface area contributed by atoms with E-state index in [1.807, 2.05) is 30.3 Å². The summed E-state index contributed by atoms with van der Waals surface area (Å²) in [4.78, 5) is 50.2. The van der Waals surface area contributed by atoms with Crippen LogP contribution in [0.2, 0.25) is 0 Å². The van der Waals surface area contributed by atoms with Crippen molar-refractivity contribution < 1.29 is 9.59 Å². The average Bonchev–Trinajstić information content (AvgIpc) is 2.73. The average molecular weight is 394 g/mol. The summed E-state index contributed by atoms with van der Waals surface area (Å²) in [6.45, 7) is 0.544. The number of amides is 2. The molecule has 0 bridgehead atoms. The zero-order valence-electron chi connectivity index (χ0n) is 15.8. The minimum absolute atomic E-state index is 0.000216. The monoisotopic (exact) mass is 394 g/mol. The van der Waals surface area contributed by atoms with Gasteiger partial charge in [0.2, 0.25) is 11.8 Å². The van der Waals surface area contributed by atoms with E-state index in [1.165, 1.54) is 4.90 Å². The predicted octanol–water partition coefficient (Wildman–Crippen LogP) is 0.984. The lowest BCUT2D eigenvalue weighted by molar-refractivity contribution is -0.132. The van der Waals surface area contributed by atoms with E-state index in [0.717, 1.165) is 10.2 Å². The molecule has 2 aromatic carbocycles. The molecule has 0 aliphatic carbocycles. The highest BCUT2D eigenvalue weighted by molar-refractivity contribution is 5.80. The lowest BCUT2D eigenvalue weighted by atomic mass is 10.2. The molecule has 0 saturated heterocycles. The van der Waals surface area contributed by atoms with E-state index in [0.29, 0.717) is 17.3 Å². The summed E-state index contributed by atoms with van der Waals surface area (Å²) in [5.74, 6) is -0.734. The van der Waals surface area contributed by atoms with Crippen LogP contribution >= 0.6 is 0 Å². The number of nitrogens with two attached hydrogens (primary N) is 1. The quantitative estimate of drug-likeness (QED) is 0.592. The first-order valence-corrected chi connectivity index (χ1v) is 9.27. The number of hydrogen-bond donors (Lipinski definition) is 2. The van der Waals surface area contributed by atoms with Crippen LogP contribution in [0.1, 0.15) is 18.4 Å². The van der Waals surface area contributed by atoms with Crippen LogP contribution in [0.3, 0.4) is 0 Å². The largest absolute Gasteiger partial charge is 0.370 e. The number of primary amides is 1. The maximum absolute atomic E-state index is 12.8. The van der Waals surface area contributed by atoms with Gasteiger partial charge in [-0.15, -0.1) is 0 Å². The fraction of sp³-hybridized carbons (Fsp3) is 0.238. The Morgan fingerprint density at radius 1 is 0.931 bits per heavy atom. The Labute approximate surface area is 166 Å². The molecule has 3 rings (SSSR count). The number of nitrogens with zero attached hydrogens (tertiary/aromatic N) is 2. The first-order valence-electron chi connectivity index (χ1n) is 9.27. The Morgan fingerprint density at radius 3 is 2.28 bits per heavy atom. The van der Waals surface area contributed by atoms with Crippen molar-refractivity contribution >= 4 is 22.6 Å². The third-order valence-electron chi connectivity index (χ3n) is 4.63. The summed E-state index contributed by atoms with van der Waals surface area (Å²) in [6.07, 6.45) is 0.0467. The second kappa shape index (κ2) is 9.01.